The molecule has 1 nitrogen and oxygen atoms in total. The lowest BCUT2D eigenvalue weighted by Crippen LogP contribution is -2.35. The summed E-state index contributed by atoms with van der Waals surface area (Å²) in [6.07, 6.45) is 7.27. The highest BCUT2D eigenvalue weighted by Gasteiger charge is 2.26. The number of hydrogen-bond acceptors (Lipinski definition) is 1. The molecule has 0 radical (unpaired) electrons. The molecule has 0 spiro atoms. The van der Waals surface area contributed by atoms with Crippen molar-refractivity contribution in [2.45, 2.75) is 44.8 Å². The number of rotatable bonds is 4. The molecule has 0 aliphatic carbocycles. The van der Waals surface area contributed by atoms with Crippen molar-refractivity contribution in [1.29, 1.82) is 0 Å². The molecule has 0 unspecified atom stereocenters. The normalized spacial score (nSPS) is 15.0. The Labute approximate surface area is 72.0 Å². The molecule has 0 fully saturated rings. The Kier molecular flexibility index (Phi) is 3.75. The summed E-state index contributed by atoms with van der Waals surface area (Å²) in [6.45, 7) is 6.40. The van der Waals surface area contributed by atoms with E-state index in [4.69, 9.17) is 0 Å². The maximum Gasteiger partial charge on any atom is 0.0177 e. The van der Waals surface area contributed by atoms with Crippen molar-refractivity contribution in [1.82, 2.24) is 0 Å². The van der Waals surface area contributed by atoms with Gasteiger partial charge in [0, 0.05) is 4.75 Å². The smallest absolute Gasteiger partial charge is 0.0177 e. The van der Waals surface area contributed by atoms with Crippen molar-refractivity contribution < 1.29 is 4.21 Å². The average Bonchev–Trinajstić information content (AvgIpc) is 1.81. The summed E-state index contributed by atoms with van der Waals surface area (Å²) < 4.78 is 11.8. The van der Waals surface area contributed by atoms with Crippen LogP contribution >= 0.6 is 0 Å². The van der Waals surface area contributed by atoms with Crippen LogP contribution in [0.1, 0.15) is 40.0 Å². The maximum atomic E-state index is 11.7. The van der Waals surface area contributed by atoms with Gasteiger partial charge < -0.3 is 0 Å². The van der Waals surface area contributed by atoms with Crippen LogP contribution in [0.4, 0.5) is 0 Å². The zero-order chi connectivity index (χ0) is 9.12. The van der Waals surface area contributed by atoms with Crippen LogP contribution in [-0.2, 0) is 9.93 Å². The summed E-state index contributed by atoms with van der Waals surface area (Å²) in [5.74, 6) is 0. The third kappa shape index (κ3) is 3.37. The van der Waals surface area contributed by atoms with Gasteiger partial charge in [-0.15, -0.1) is 9.93 Å². The van der Waals surface area contributed by atoms with Crippen molar-refractivity contribution in [2.75, 3.05) is 12.5 Å². The number of unbranched alkanes of at least 4 members (excludes halogenated alkanes) is 1. The summed E-state index contributed by atoms with van der Waals surface area (Å²) in [5.41, 5.74) is 0. The largest absolute Gasteiger partial charge is 0.285 e. The zero-order valence-corrected chi connectivity index (χ0v) is 9.37. The molecule has 0 saturated carbocycles. The first-order valence-corrected chi connectivity index (χ1v) is 6.96. The highest BCUT2D eigenvalue weighted by Crippen LogP contribution is 2.25. The van der Waals surface area contributed by atoms with Gasteiger partial charge in [-0.25, -0.2) is 0 Å². The molecular formula is C9H22OS. The monoisotopic (exact) mass is 178 g/mol. The molecule has 0 aromatic heterocycles. The van der Waals surface area contributed by atoms with E-state index in [-0.39, 0.29) is 4.75 Å². The summed E-state index contributed by atoms with van der Waals surface area (Å²) >= 11 is 0. The Balaban J connectivity index is 4.11. The molecule has 11 heavy (non-hydrogen) atoms. The fourth-order valence-corrected chi connectivity index (χ4v) is 1.58. The minimum Gasteiger partial charge on any atom is -0.285 e. The van der Waals surface area contributed by atoms with E-state index >= 15 is 0 Å². The molecule has 2 heteroatoms. The molecular weight excluding hydrogens is 156 g/mol. The topological polar surface area (TPSA) is 17.1 Å². The van der Waals surface area contributed by atoms with Crippen LogP contribution in [0.3, 0.4) is 0 Å². The maximum absolute atomic E-state index is 11.7. The fraction of sp³-hybridized carbons (Fsp3) is 1.00. The standard InChI is InChI=1S/C9H22OS/c1-6-7-8-9(2,3)11(4,5)10/h11H,6-8H2,1-5H3. The van der Waals surface area contributed by atoms with Gasteiger partial charge in [0.25, 0.3) is 0 Å². The van der Waals surface area contributed by atoms with Gasteiger partial charge in [0.2, 0.25) is 0 Å². The molecule has 0 atom stereocenters. The SMILES string of the molecule is CCCCC(C)(C)[SH](C)(C)=O. The van der Waals surface area contributed by atoms with Crippen molar-refractivity contribution in [3.8, 4) is 0 Å². The molecule has 0 aromatic rings. The minimum absolute atomic E-state index is 0.0447. The highest BCUT2D eigenvalue weighted by molar-refractivity contribution is 8.02. The Hall–Kier alpha value is 0.150. The molecule has 0 N–H and O–H groups in total. The summed E-state index contributed by atoms with van der Waals surface area (Å²) in [7, 11) is -1.90. The first-order valence-electron chi connectivity index (χ1n) is 4.36. The van der Waals surface area contributed by atoms with Crippen molar-refractivity contribution >= 4 is 9.93 Å². The van der Waals surface area contributed by atoms with Gasteiger partial charge in [-0.05, 0) is 18.9 Å². The van der Waals surface area contributed by atoms with E-state index in [1.807, 2.05) is 12.5 Å². The van der Waals surface area contributed by atoms with Gasteiger partial charge in [0.05, 0.1) is 0 Å². The second-order valence-electron chi connectivity index (χ2n) is 4.27. The number of hydrogen-bond donors (Lipinski definition) is 1. The second kappa shape index (κ2) is 3.70. The number of thiol groups is 1. The Morgan fingerprint density at radius 2 is 1.73 bits per heavy atom. The summed E-state index contributed by atoms with van der Waals surface area (Å²) in [5, 5.41) is 0. The van der Waals surface area contributed by atoms with Crippen LogP contribution in [0.15, 0.2) is 0 Å². The molecule has 0 amide bonds. The Morgan fingerprint density at radius 3 is 2.00 bits per heavy atom. The van der Waals surface area contributed by atoms with Gasteiger partial charge >= 0.3 is 0 Å². The quantitative estimate of drug-likeness (QED) is 0.653. The lowest BCUT2D eigenvalue weighted by molar-refractivity contribution is 0.557. The van der Waals surface area contributed by atoms with E-state index in [9.17, 15) is 4.21 Å². The molecule has 0 bridgehead atoms. The predicted octanol–water partition coefficient (Wildman–Crippen LogP) is 2.23. The van der Waals surface area contributed by atoms with Crippen molar-refractivity contribution in [2.24, 2.45) is 0 Å². The Morgan fingerprint density at radius 1 is 1.27 bits per heavy atom. The zero-order valence-electron chi connectivity index (χ0n) is 8.48. The van der Waals surface area contributed by atoms with Gasteiger partial charge in [0.15, 0.2) is 0 Å². The summed E-state index contributed by atoms with van der Waals surface area (Å²) in [4.78, 5) is 0. The van der Waals surface area contributed by atoms with E-state index in [0.29, 0.717) is 0 Å². The predicted molar refractivity (Wildman–Crippen MR) is 55.0 cm³/mol. The second-order valence-corrected chi connectivity index (χ2v) is 8.18. The lowest BCUT2D eigenvalue weighted by atomic mass is 10.1. The fourth-order valence-electron chi connectivity index (χ4n) is 0.879. The molecule has 0 saturated heterocycles. The van der Waals surface area contributed by atoms with Gasteiger partial charge in [-0.1, -0.05) is 33.6 Å². The summed E-state index contributed by atoms with van der Waals surface area (Å²) in [6, 6.07) is 0. The molecule has 0 aromatic carbocycles. The van der Waals surface area contributed by atoms with Crippen LogP contribution in [0.5, 0.6) is 0 Å². The van der Waals surface area contributed by atoms with Crippen LogP contribution < -0.4 is 0 Å². The van der Waals surface area contributed by atoms with E-state index in [1.165, 1.54) is 12.8 Å². The molecule has 0 rings (SSSR count). The third-order valence-electron chi connectivity index (χ3n) is 2.60. The van der Waals surface area contributed by atoms with Crippen molar-refractivity contribution in [3.63, 3.8) is 0 Å². The van der Waals surface area contributed by atoms with Crippen molar-refractivity contribution in [3.05, 3.63) is 0 Å². The van der Waals surface area contributed by atoms with Gasteiger partial charge in [-0.3, -0.25) is 4.21 Å². The first kappa shape index (κ1) is 11.2. The minimum atomic E-state index is -1.90. The molecule has 0 heterocycles. The van der Waals surface area contributed by atoms with E-state index in [1.54, 1.807) is 0 Å². The van der Waals surface area contributed by atoms with Crippen LogP contribution in [-0.4, -0.2) is 21.5 Å². The van der Waals surface area contributed by atoms with Crippen LogP contribution in [0.2, 0.25) is 0 Å². The van der Waals surface area contributed by atoms with E-state index < -0.39 is 9.93 Å². The lowest BCUT2D eigenvalue weighted by Gasteiger charge is -2.33. The molecule has 0 aliphatic rings. The molecule has 70 valence electrons. The van der Waals surface area contributed by atoms with Crippen LogP contribution in [0.25, 0.3) is 0 Å². The van der Waals surface area contributed by atoms with Crippen LogP contribution in [0, 0.1) is 0 Å². The first-order chi connectivity index (χ1) is 4.81. The Bertz CT molecular complexity index is 155. The molecule has 0 aliphatic heterocycles. The van der Waals surface area contributed by atoms with E-state index in [2.05, 4.69) is 20.8 Å². The highest BCUT2D eigenvalue weighted by atomic mass is 32.2. The van der Waals surface area contributed by atoms with Gasteiger partial charge in [-0.2, -0.15) is 0 Å². The van der Waals surface area contributed by atoms with Gasteiger partial charge in [0.1, 0.15) is 0 Å². The third-order valence-corrected chi connectivity index (χ3v) is 5.74. The average molecular weight is 178 g/mol. The van der Waals surface area contributed by atoms with E-state index in [0.717, 1.165) is 6.42 Å².